The van der Waals surface area contributed by atoms with Gasteiger partial charge in [0.05, 0.1) is 38.5 Å². The van der Waals surface area contributed by atoms with Crippen LogP contribution < -0.4 is 14.2 Å². The van der Waals surface area contributed by atoms with Gasteiger partial charge in [-0.1, -0.05) is 23.4 Å². The number of aliphatic hydroxyl groups excluding tert-OH is 1. The first-order valence-corrected chi connectivity index (χ1v) is 10.8. The first kappa shape index (κ1) is 23.6. The Kier molecular flexibility index (Phi) is 7.71. The predicted octanol–water partition coefficient (Wildman–Crippen LogP) is 5.56. The van der Waals surface area contributed by atoms with Crippen molar-refractivity contribution < 1.29 is 28.8 Å². The molecule has 0 radical (unpaired) electrons. The average molecular weight is 476 g/mol. The Morgan fingerprint density at radius 2 is 1.75 bits per heavy atom. The average Bonchev–Trinajstić information content (AvgIpc) is 3.09. The van der Waals surface area contributed by atoms with Crippen molar-refractivity contribution in [1.29, 1.82) is 0 Å². The maximum absolute atomic E-state index is 12.6. The summed E-state index contributed by atoms with van der Waals surface area (Å²) in [5.41, 5.74) is 1.20. The van der Waals surface area contributed by atoms with Crippen LogP contribution in [0, 0.1) is 0 Å². The van der Waals surface area contributed by atoms with Gasteiger partial charge < -0.3 is 24.1 Å². The van der Waals surface area contributed by atoms with Gasteiger partial charge in [-0.2, -0.15) is 0 Å². The van der Waals surface area contributed by atoms with Gasteiger partial charge in [-0.25, -0.2) is 9.79 Å². The normalized spacial score (nSPS) is 15.9. The molecule has 2 aromatic rings. The molecule has 168 valence electrons. The van der Waals surface area contributed by atoms with Crippen LogP contribution in [0.5, 0.6) is 17.2 Å². The van der Waals surface area contributed by atoms with Gasteiger partial charge in [0.1, 0.15) is 16.4 Å². The van der Waals surface area contributed by atoms with E-state index in [0.29, 0.717) is 43.5 Å². The van der Waals surface area contributed by atoms with E-state index in [2.05, 4.69) is 4.99 Å². The van der Waals surface area contributed by atoms with Crippen LogP contribution in [0.2, 0.25) is 5.02 Å². The van der Waals surface area contributed by atoms with Gasteiger partial charge in [-0.05, 0) is 49.4 Å². The molecule has 0 saturated heterocycles. The Balaban J connectivity index is 2.11. The van der Waals surface area contributed by atoms with Gasteiger partial charge in [-0.3, -0.25) is 0 Å². The Morgan fingerprint density at radius 3 is 2.34 bits per heavy atom. The standard InChI is InChI=1S/C23H22ClNO6S/c1-5-31-23(27)18-19(26)17(32-22(18)25-15-9-7-14(24)8-10-15)12-13-6-11-16(28-2)21(30-4)20(13)29-3/h6-12,26H,5H2,1-4H3/b17-12-,25-22?. The highest BCUT2D eigenvalue weighted by Gasteiger charge is 2.33. The molecule has 1 aliphatic rings. The number of carbonyl (C=O) groups excluding carboxylic acids is 1. The van der Waals surface area contributed by atoms with Crippen LogP contribution >= 0.6 is 23.4 Å². The maximum Gasteiger partial charge on any atom is 0.344 e. The van der Waals surface area contributed by atoms with Crippen LogP contribution in [0.4, 0.5) is 5.69 Å². The molecule has 0 unspecified atom stereocenters. The number of aliphatic hydroxyl groups is 1. The zero-order chi connectivity index (χ0) is 23.3. The van der Waals surface area contributed by atoms with Crippen molar-refractivity contribution in [3.8, 4) is 17.2 Å². The molecule has 3 rings (SSSR count). The van der Waals surface area contributed by atoms with Crippen molar-refractivity contribution in [1.82, 2.24) is 0 Å². The number of aliphatic imine (C=N–C) groups is 1. The van der Waals surface area contributed by atoms with E-state index >= 15 is 0 Å². The van der Waals surface area contributed by atoms with E-state index in [0.717, 1.165) is 11.8 Å². The Hall–Kier alpha value is -3.10. The zero-order valence-corrected chi connectivity index (χ0v) is 19.5. The molecule has 1 aliphatic heterocycles. The van der Waals surface area contributed by atoms with Crippen LogP contribution in [0.15, 0.2) is 57.6 Å². The fourth-order valence-electron chi connectivity index (χ4n) is 3.00. The number of thioether (sulfide) groups is 1. The van der Waals surface area contributed by atoms with Crippen molar-refractivity contribution in [3.05, 3.63) is 63.2 Å². The summed E-state index contributed by atoms with van der Waals surface area (Å²) in [4.78, 5) is 17.5. The molecule has 0 bridgehead atoms. The second-order valence-electron chi connectivity index (χ2n) is 6.37. The summed E-state index contributed by atoms with van der Waals surface area (Å²) in [7, 11) is 4.55. The van der Waals surface area contributed by atoms with Crippen molar-refractivity contribution in [2.24, 2.45) is 4.99 Å². The van der Waals surface area contributed by atoms with Crippen LogP contribution in [-0.4, -0.2) is 44.1 Å². The molecular formula is C23H22ClNO6S. The number of esters is 1. The largest absolute Gasteiger partial charge is 0.506 e. The van der Waals surface area contributed by atoms with Gasteiger partial charge >= 0.3 is 5.97 Å². The van der Waals surface area contributed by atoms with Gasteiger partial charge in [0.2, 0.25) is 5.75 Å². The lowest BCUT2D eigenvalue weighted by molar-refractivity contribution is -0.138. The Morgan fingerprint density at radius 1 is 1.06 bits per heavy atom. The van der Waals surface area contributed by atoms with Crippen LogP contribution in [0.25, 0.3) is 6.08 Å². The number of hydrogen-bond acceptors (Lipinski definition) is 8. The van der Waals surface area contributed by atoms with E-state index in [1.165, 1.54) is 21.3 Å². The molecule has 7 nitrogen and oxygen atoms in total. The first-order valence-electron chi connectivity index (χ1n) is 9.57. The summed E-state index contributed by atoms with van der Waals surface area (Å²) in [6, 6.07) is 10.3. The first-order chi connectivity index (χ1) is 15.4. The maximum atomic E-state index is 12.6. The van der Waals surface area contributed by atoms with Gasteiger partial charge in [0.25, 0.3) is 0 Å². The molecule has 0 fully saturated rings. The third-order valence-electron chi connectivity index (χ3n) is 4.45. The highest BCUT2D eigenvalue weighted by atomic mass is 35.5. The SMILES string of the molecule is CCOC(=O)C1=C(O)/C(=C/c2ccc(OC)c(OC)c2OC)SC1=Nc1ccc(Cl)cc1. The number of benzene rings is 2. The molecule has 1 heterocycles. The summed E-state index contributed by atoms with van der Waals surface area (Å²) in [5.74, 6) is 0.457. The molecule has 2 aromatic carbocycles. The van der Waals surface area contributed by atoms with E-state index in [9.17, 15) is 9.90 Å². The molecule has 1 N–H and O–H groups in total. The van der Waals surface area contributed by atoms with Crippen LogP contribution in [0.3, 0.4) is 0 Å². The third-order valence-corrected chi connectivity index (χ3v) is 5.72. The predicted molar refractivity (Wildman–Crippen MR) is 127 cm³/mol. The van der Waals surface area contributed by atoms with Crippen molar-refractivity contribution in [2.75, 3.05) is 27.9 Å². The number of ether oxygens (including phenoxy) is 4. The second kappa shape index (κ2) is 10.5. The quantitative estimate of drug-likeness (QED) is 0.524. The molecule has 9 heteroatoms. The number of hydrogen-bond donors (Lipinski definition) is 1. The van der Waals surface area contributed by atoms with E-state index in [1.54, 1.807) is 49.4 Å². The van der Waals surface area contributed by atoms with Crippen LogP contribution in [-0.2, 0) is 9.53 Å². The molecule has 0 atom stereocenters. The molecule has 0 aromatic heterocycles. The summed E-state index contributed by atoms with van der Waals surface area (Å²) in [6.07, 6.45) is 1.68. The van der Waals surface area contributed by atoms with Crippen molar-refractivity contribution in [3.63, 3.8) is 0 Å². The molecule has 0 aliphatic carbocycles. The lowest BCUT2D eigenvalue weighted by atomic mass is 10.1. The topological polar surface area (TPSA) is 86.6 Å². The summed E-state index contributed by atoms with van der Waals surface area (Å²) in [5, 5.41) is 11.8. The minimum atomic E-state index is -0.659. The third kappa shape index (κ3) is 4.87. The van der Waals surface area contributed by atoms with Gasteiger partial charge in [-0.15, -0.1) is 0 Å². The van der Waals surface area contributed by atoms with Crippen LogP contribution in [0.1, 0.15) is 12.5 Å². The minimum Gasteiger partial charge on any atom is -0.506 e. The smallest absolute Gasteiger partial charge is 0.344 e. The highest BCUT2D eigenvalue weighted by Crippen LogP contribution is 2.44. The zero-order valence-electron chi connectivity index (χ0n) is 18.0. The fourth-order valence-corrected chi connectivity index (χ4v) is 4.16. The lowest BCUT2D eigenvalue weighted by Gasteiger charge is -2.14. The number of rotatable bonds is 7. The minimum absolute atomic E-state index is 0.00232. The fraction of sp³-hybridized carbons (Fsp3) is 0.217. The second-order valence-corrected chi connectivity index (χ2v) is 7.84. The van der Waals surface area contributed by atoms with E-state index < -0.39 is 5.97 Å². The molecule has 0 saturated carbocycles. The van der Waals surface area contributed by atoms with Crippen molar-refractivity contribution in [2.45, 2.75) is 6.92 Å². The molecular weight excluding hydrogens is 454 g/mol. The van der Waals surface area contributed by atoms with Crippen molar-refractivity contribution >= 4 is 46.1 Å². The number of carbonyl (C=O) groups is 1. The lowest BCUT2D eigenvalue weighted by Crippen LogP contribution is -2.12. The number of methoxy groups -OCH3 is 3. The molecule has 0 spiro atoms. The number of nitrogens with zero attached hydrogens (tertiary/aromatic N) is 1. The van der Waals surface area contributed by atoms with E-state index in [1.807, 2.05) is 0 Å². The number of halogens is 1. The van der Waals surface area contributed by atoms with Gasteiger partial charge in [0, 0.05) is 10.6 Å². The summed E-state index contributed by atoms with van der Waals surface area (Å²) < 4.78 is 21.4. The Bertz CT molecular complexity index is 1110. The Labute approximate surface area is 195 Å². The monoisotopic (exact) mass is 475 g/mol. The van der Waals surface area contributed by atoms with Gasteiger partial charge in [0.15, 0.2) is 11.5 Å². The molecule has 32 heavy (non-hydrogen) atoms. The summed E-state index contributed by atoms with van der Waals surface area (Å²) in [6.45, 7) is 1.86. The highest BCUT2D eigenvalue weighted by molar-refractivity contribution is 8.18. The van der Waals surface area contributed by atoms with E-state index in [4.69, 9.17) is 30.5 Å². The van der Waals surface area contributed by atoms with E-state index in [-0.39, 0.29) is 17.9 Å². The molecule has 0 amide bonds. The summed E-state index contributed by atoms with van der Waals surface area (Å²) >= 11 is 7.09.